The summed E-state index contributed by atoms with van der Waals surface area (Å²) in [6.45, 7) is 2.55. The molecule has 2 N–H and O–H groups in total. The quantitative estimate of drug-likeness (QED) is 0.893. The molecule has 3 rings (SSSR count). The number of amides is 1. The van der Waals surface area contributed by atoms with Crippen LogP contribution in [0, 0.1) is 0 Å². The molecule has 1 aromatic heterocycles. The van der Waals surface area contributed by atoms with E-state index in [-0.39, 0.29) is 12.0 Å². The average Bonchev–Trinajstić information content (AvgIpc) is 2.93. The van der Waals surface area contributed by atoms with E-state index in [0.29, 0.717) is 19.7 Å². The SMILES string of the molecule is O=C(NCc1ccc2sccc2c1)[C@H]1CNCCO1. The molecule has 0 saturated carbocycles. The topological polar surface area (TPSA) is 50.4 Å². The lowest BCUT2D eigenvalue weighted by atomic mass is 10.1. The zero-order valence-electron chi connectivity index (χ0n) is 10.5. The van der Waals surface area contributed by atoms with Crippen molar-refractivity contribution >= 4 is 27.3 Å². The molecule has 1 saturated heterocycles. The molecule has 19 heavy (non-hydrogen) atoms. The van der Waals surface area contributed by atoms with Gasteiger partial charge in [0.1, 0.15) is 6.10 Å². The Morgan fingerprint density at radius 3 is 3.26 bits per heavy atom. The van der Waals surface area contributed by atoms with Gasteiger partial charge in [0.15, 0.2) is 0 Å². The first-order chi connectivity index (χ1) is 9.33. The van der Waals surface area contributed by atoms with Crippen LogP contribution >= 0.6 is 11.3 Å². The first-order valence-electron chi connectivity index (χ1n) is 6.39. The van der Waals surface area contributed by atoms with Crippen LogP contribution in [0.5, 0.6) is 0 Å². The fourth-order valence-corrected chi connectivity index (χ4v) is 2.93. The maximum Gasteiger partial charge on any atom is 0.250 e. The van der Waals surface area contributed by atoms with E-state index in [2.05, 4.69) is 40.3 Å². The molecule has 5 heteroatoms. The van der Waals surface area contributed by atoms with E-state index < -0.39 is 0 Å². The molecular formula is C14H16N2O2S. The van der Waals surface area contributed by atoms with Gasteiger partial charge in [-0.1, -0.05) is 6.07 Å². The first kappa shape index (κ1) is 12.6. The summed E-state index contributed by atoms with van der Waals surface area (Å²) >= 11 is 1.73. The molecule has 2 heterocycles. The Morgan fingerprint density at radius 2 is 2.42 bits per heavy atom. The van der Waals surface area contributed by atoms with Gasteiger partial charge in [-0.2, -0.15) is 0 Å². The Hall–Kier alpha value is -1.43. The van der Waals surface area contributed by atoms with Gasteiger partial charge in [-0.05, 0) is 34.5 Å². The Balaban J connectivity index is 1.60. The molecule has 2 aromatic rings. The highest BCUT2D eigenvalue weighted by Gasteiger charge is 2.21. The van der Waals surface area contributed by atoms with Crippen LogP contribution < -0.4 is 10.6 Å². The van der Waals surface area contributed by atoms with Crippen molar-refractivity contribution in [2.45, 2.75) is 12.6 Å². The molecule has 4 nitrogen and oxygen atoms in total. The summed E-state index contributed by atoms with van der Waals surface area (Å²) in [6.07, 6.45) is -0.362. The summed E-state index contributed by atoms with van der Waals surface area (Å²) < 4.78 is 6.69. The van der Waals surface area contributed by atoms with Gasteiger partial charge >= 0.3 is 0 Å². The van der Waals surface area contributed by atoms with E-state index >= 15 is 0 Å². The first-order valence-corrected chi connectivity index (χ1v) is 7.27. The zero-order chi connectivity index (χ0) is 13.1. The second-order valence-electron chi connectivity index (χ2n) is 4.57. The number of hydrogen-bond acceptors (Lipinski definition) is 4. The molecule has 1 aliphatic heterocycles. The number of carbonyl (C=O) groups excluding carboxylic acids is 1. The monoisotopic (exact) mass is 276 g/mol. The number of fused-ring (bicyclic) bond motifs is 1. The highest BCUT2D eigenvalue weighted by Crippen LogP contribution is 2.21. The minimum Gasteiger partial charge on any atom is -0.366 e. The fourth-order valence-electron chi connectivity index (χ4n) is 2.16. The van der Waals surface area contributed by atoms with Crippen LogP contribution in [-0.2, 0) is 16.1 Å². The van der Waals surface area contributed by atoms with Crippen molar-refractivity contribution in [1.82, 2.24) is 10.6 Å². The van der Waals surface area contributed by atoms with Crippen LogP contribution in [0.3, 0.4) is 0 Å². The van der Waals surface area contributed by atoms with E-state index in [1.807, 2.05) is 0 Å². The minimum atomic E-state index is -0.362. The second-order valence-corrected chi connectivity index (χ2v) is 5.52. The van der Waals surface area contributed by atoms with Gasteiger partial charge in [0.05, 0.1) is 6.61 Å². The predicted octanol–water partition coefficient (Wildman–Crippen LogP) is 1.51. The van der Waals surface area contributed by atoms with Crippen LogP contribution in [0.2, 0.25) is 0 Å². The number of carbonyl (C=O) groups is 1. The van der Waals surface area contributed by atoms with Crippen molar-refractivity contribution in [3.05, 3.63) is 35.2 Å². The maximum atomic E-state index is 11.9. The number of ether oxygens (including phenoxy) is 1. The third-order valence-electron chi connectivity index (χ3n) is 3.20. The van der Waals surface area contributed by atoms with Gasteiger partial charge in [-0.15, -0.1) is 11.3 Å². The fraction of sp³-hybridized carbons (Fsp3) is 0.357. The van der Waals surface area contributed by atoms with Crippen molar-refractivity contribution in [3.63, 3.8) is 0 Å². The van der Waals surface area contributed by atoms with Crippen LogP contribution in [0.15, 0.2) is 29.6 Å². The molecule has 1 fully saturated rings. The van der Waals surface area contributed by atoms with Gasteiger partial charge in [-0.25, -0.2) is 0 Å². The van der Waals surface area contributed by atoms with Gasteiger partial charge in [-0.3, -0.25) is 4.79 Å². The molecule has 100 valence electrons. The Labute approximate surface area is 115 Å². The minimum absolute atomic E-state index is 0.0439. The molecule has 1 atom stereocenters. The third-order valence-corrected chi connectivity index (χ3v) is 4.10. The third kappa shape index (κ3) is 2.94. The molecule has 0 spiro atoms. The molecular weight excluding hydrogens is 260 g/mol. The summed E-state index contributed by atoms with van der Waals surface area (Å²) in [5, 5.41) is 9.38. The number of thiophene rings is 1. The Morgan fingerprint density at radius 1 is 1.47 bits per heavy atom. The van der Waals surface area contributed by atoms with Crippen molar-refractivity contribution in [1.29, 1.82) is 0 Å². The van der Waals surface area contributed by atoms with Gasteiger partial charge in [0.25, 0.3) is 5.91 Å². The Bertz CT molecular complexity index is 576. The highest BCUT2D eigenvalue weighted by molar-refractivity contribution is 7.17. The summed E-state index contributed by atoms with van der Waals surface area (Å²) in [5.74, 6) is -0.0439. The molecule has 0 unspecified atom stereocenters. The number of nitrogens with one attached hydrogen (secondary N) is 2. The molecule has 1 amide bonds. The number of benzene rings is 1. The maximum absolute atomic E-state index is 11.9. The number of rotatable bonds is 3. The predicted molar refractivity (Wildman–Crippen MR) is 76.3 cm³/mol. The van der Waals surface area contributed by atoms with Crippen molar-refractivity contribution in [3.8, 4) is 0 Å². The molecule has 1 aliphatic rings. The second kappa shape index (κ2) is 5.69. The normalized spacial score (nSPS) is 19.5. The van der Waals surface area contributed by atoms with Crippen molar-refractivity contribution < 1.29 is 9.53 Å². The Kier molecular flexibility index (Phi) is 3.77. The van der Waals surface area contributed by atoms with Crippen molar-refractivity contribution in [2.75, 3.05) is 19.7 Å². The smallest absolute Gasteiger partial charge is 0.250 e. The molecule has 0 radical (unpaired) electrons. The van der Waals surface area contributed by atoms with E-state index in [1.165, 1.54) is 10.1 Å². The lowest BCUT2D eigenvalue weighted by Gasteiger charge is -2.22. The van der Waals surface area contributed by atoms with Gasteiger partial charge < -0.3 is 15.4 Å². The standard InChI is InChI=1S/C14H16N2O2S/c17-14(12-9-15-4-5-18-12)16-8-10-1-2-13-11(7-10)3-6-19-13/h1-3,6-7,12,15H,4-5,8-9H2,(H,16,17)/t12-/m1/s1. The largest absolute Gasteiger partial charge is 0.366 e. The van der Waals surface area contributed by atoms with Crippen LogP contribution in [0.25, 0.3) is 10.1 Å². The van der Waals surface area contributed by atoms with Crippen molar-refractivity contribution in [2.24, 2.45) is 0 Å². The molecule has 0 bridgehead atoms. The lowest BCUT2D eigenvalue weighted by molar-refractivity contribution is -0.134. The zero-order valence-corrected chi connectivity index (χ0v) is 11.3. The average molecular weight is 276 g/mol. The number of morpholine rings is 1. The van der Waals surface area contributed by atoms with Gasteiger partial charge in [0.2, 0.25) is 0 Å². The molecule has 1 aromatic carbocycles. The summed E-state index contributed by atoms with van der Waals surface area (Å²) in [6, 6.07) is 8.37. The summed E-state index contributed by atoms with van der Waals surface area (Å²) in [7, 11) is 0. The van der Waals surface area contributed by atoms with E-state index in [9.17, 15) is 4.79 Å². The van der Waals surface area contributed by atoms with E-state index in [4.69, 9.17) is 4.74 Å². The van der Waals surface area contributed by atoms with Gasteiger partial charge in [0, 0.05) is 24.3 Å². The highest BCUT2D eigenvalue weighted by atomic mass is 32.1. The van der Waals surface area contributed by atoms with Crippen LogP contribution in [0.1, 0.15) is 5.56 Å². The van der Waals surface area contributed by atoms with Crippen LogP contribution in [-0.4, -0.2) is 31.7 Å². The number of hydrogen-bond donors (Lipinski definition) is 2. The van der Waals surface area contributed by atoms with Crippen LogP contribution in [0.4, 0.5) is 0 Å². The lowest BCUT2D eigenvalue weighted by Crippen LogP contribution is -2.47. The van der Waals surface area contributed by atoms with E-state index in [0.717, 1.165) is 12.1 Å². The summed E-state index contributed by atoms with van der Waals surface area (Å²) in [4.78, 5) is 11.9. The van der Waals surface area contributed by atoms with E-state index in [1.54, 1.807) is 11.3 Å². The molecule has 0 aliphatic carbocycles. The summed E-state index contributed by atoms with van der Waals surface area (Å²) in [5.41, 5.74) is 1.11.